The molecule has 0 fully saturated rings. The maximum absolute atomic E-state index is 13.4. The van der Waals surface area contributed by atoms with Crippen molar-refractivity contribution in [3.63, 3.8) is 0 Å². The first-order valence-corrected chi connectivity index (χ1v) is 11.6. The Labute approximate surface area is 188 Å². The summed E-state index contributed by atoms with van der Waals surface area (Å²) >= 11 is 0. The zero-order chi connectivity index (χ0) is 22.6. The van der Waals surface area contributed by atoms with Gasteiger partial charge in [0.2, 0.25) is 0 Å². The molecule has 0 bridgehead atoms. The third-order valence-electron chi connectivity index (χ3n) is 5.05. The summed E-state index contributed by atoms with van der Waals surface area (Å²) in [5, 5.41) is 0.728. The normalized spacial score (nSPS) is 10.9. The first kappa shape index (κ1) is 21.4. The quantitative estimate of drug-likeness (QED) is 0.414. The number of hydrogen-bond donors (Lipinski definition) is 0. The minimum Gasteiger partial charge on any atom is -0.497 e. The first-order valence-electron chi connectivity index (χ1n) is 10.2. The number of hydrogen-bond acceptors (Lipinski definition) is 4. The lowest BCUT2D eigenvalue weighted by atomic mass is 10.1. The van der Waals surface area contributed by atoms with Crippen LogP contribution in [0.1, 0.15) is 18.1 Å². The van der Waals surface area contributed by atoms with Gasteiger partial charge in [0.1, 0.15) is 5.75 Å². The summed E-state index contributed by atoms with van der Waals surface area (Å²) < 4.78 is 33.4. The molecule has 0 aliphatic rings. The van der Waals surface area contributed by atoms with E-state index in [4.69, 9.17) is 4.74 Å². The van der Waals surface area contributed by atoms with E-state index in [9.17, 15) is 8.42 Å². The van der Waals surface area contributed by atoms with Crippen LogP contribution < -0.4 is 9.04 Å². The van der Waals surface area contributed by atoms with Crippen LogP contribution in [-0.4, -0.2) is 27.1 Å². The average Bonchev–Trinajstić information content (AvgIpc) is 2.84. The number of fused-ring (bicyclic) bond motifs is 1. The summed E-state index contributed by atoms with van der Waals surface area (Å²) in [5.74, 6) is 6.90. The van der Waals surface area contributed by atoms with Gasteiger partial charge in [0.15, 0.2) is 0 Å². The molecule has 0 radical (unpaired) electrons. The summed E-state index contributed by atoms with van der Waals surface area (Å²) in [7, 11) is -2.23. The molecule has 4 aromatic rings. The van der Waals surface area contributed by atoms with Gasteiger partial charge in [-0.25, -0.2) is 8.42 Å². The van der Waals surface area contributed by atoms with Gasteiger partial charge in [-0.05, 0) is 67.6 Å². The van der Waals surface area contributed by atoms with Crippen LogP contribution in [0, 0.1) is 11.8 Å². The molecule has 0 aliphatic carbocycles. The minimum absolute atomic E-state index is 0.199. The molecule has 0 spiro atoms. The molecule has 0 saturated carbocycles. The molecule has 5 nitrogen and oxygen atoms in total. The third-order valence-corrected chi connectivity index (χ3v) is 6.95. The van der Waals surface area contributed by atoms with Crippen molar-refractivity contribution in [1.82, 2.24) is 4.98 Å². The number of nitrogens with zero attached hydrogens (tertiary/aromatic N) is 2. The molecule has 3 aromatic carbocycles. The highest BCUT2D eigenvalue weighted by molar-refractivity contribution is 7.92. The van der Waals surface area contributed by atoms with Crippen LogP contribution in [0.5, 0.6) is 5.75 Å². The van der Waals surface area contributed by atoms with Gasteiger partial charge in [0, 0.05) is 29.3 Å². The summed E-state index contributed by atoms with van der Waals surface area (Å²) in [6.45, 7) is 2.08. The van der Waals surface area contributed by atoms with Crippen LogP contribution >= 0.6 is 0 Å². The van der Waals surface area contributed by atoms with Gasteiger partial charge >= 0.3 is 0 Å². The van der Waals surface area contributed by atoms with Crippen molar-refractivity contribution in [1.29, 1.82) is 0 Å². The average molecular weight is 443 g/mol. The number of anilines is 1. The van der Waals surface area contributed by atoms with Gasteiger partial charge in [0.05, 0.1) is 23.2 Å². The van der Waals surface area contributed by atoms with Crippen molar-refractivity contribution < 1.29 is 13.2 Å². The van der Waals surface area contributed by atoms with Crippen LogP contribution in [0.4, 0.5) is 5.69 Å². The molecule has 0 atom stereocenters. The lowest BCUT2D eigenvalue weighted by Crippen LogP contribution is -2.31. The smallest absolute Gasteiger partial charge is 0.264 e. The van der Waals surface area contributed by atoms with Crippen LogP contribution in [0.3, 0.4) is 0 Å². The highest BCUT2D eigenvalue weighted by atomic mass is 32.2. The molecule has 1 heterocycles. The molecule has 0 unspecified atom stereocenters. The predicted octanol–water partition coefficient (Wildman–Crippen LogP) is 4.86. The van der Waals surface area contributed by atoms with E-state index in [-0.39, 0.29) is 11.4 Å². The Balaban J connectivity index is 1.78. The maximum atomic E-state index is 13.4. The number of rotatable bonds is 5. The van der Waals surface area contributed by atoms with E-state index in [1.807, 2.05) is 55.5 Å². The van der Waals surface area contributed by atoms with Crippen LogP contribution in [0.2, 0.25) is 0 Å². The Kier molecular flexibility index (Phi) is 6.11. The standard InChI is InChI=1S/C26H22N2O3S/c1-3-28(32(29,30)23-14-12-22(31-2)13-15-23)26-17-18-27-25-16-11-21(19-24(25)26)10-9-20-7-5-4-6-8-20/h4-8,11-19H,3H2,1-2H3. The largest absolute Gasteiger partial charge is 0.497 e. The molecule has 32 heavy (non-hydrogen) atoms. The van der Waals surface area contributed by atoms with Crippen LogP contribution in [-0.2, 0) is 10.0 Å². The zero-order valence-corrected chi connectivity index (χ0v) is 18.6. The summed E-state index contributed by atoms with van der Waals surface area (Å²) in [6, 6.07) is 23.5. The monoisotopic (exact) mass is 442 g/mol. The number of pyridine rings is 1. The molecule has 6 heteroatoms. The van der Waals surface area contributed by atoms with Crippen molar-refractivity contribution in [2.75, 3.05) is 18.0 Å². The van der Waals surface area contributed by atoms with E-state index in [0.29, 0.717) is 17.0 Å². The number of ether oxygens (including phenoxy) is 1. The van der Waals surface area contributed by atoms with E-state index >= 15 is 0 Å². The second-order valence-corrected chi connectivity index (χ2v) is 8.89. The SMILES string of the molecule is CCN(c1ccnc2ccc(C#Cc3ccccc3)cc12)S(=O)(=O)c1ccc(OC)cc1. The molecular formula is C26H22N2O3S. The van der Waals surface area contributed by atoms with E-state index in [2.05, 4.69) is 16.8 Å². The molecule has 0 saturated heterocycles. The lowest BCUT2D eigenvalue weighted by Gasteiger charge is -2.24. The minimum atomic E-state index is -3.77. The molecule has 1 aromatic heterocycles. The fraction of sp³-hybridized carbons (Fsp3) is 0.115. The molecule has 0 N–H and O–H groups in total. The molecule has 0 aliphatic heterocycles. The second kappa shape index (κ2) is 9.13. The first-order chi connectivity index (χ1) is 15.5. The van der Waals surface area contributed by atoms with E-state index in [1.54, 1.807) is 43.6 Å². The number of aromatic nitrogens is 1. The van der Waals surface area contributed by atoms with Crippen molar-refractivity contribution in [3.8, 4) is 17.6 Å². The lowest BCUT2D eigenvalue weighted by molar-refractivity contribution is 0.414. The fourth-order valence-corrected chi connectivity index (χ4v) is 4.93. The Morgan fingerprint density at radius 3 is 2.31 bits per heavy atom. The van der Waals surface area contributed by atoms with Gasteiger partial charge in [-0.15, -0.1) is 0 Å². The highest BCUT2D eigenvalue weighted by Gasteiger charge is 2.25. The predicted molar refractivity (Wildman–Crippen MR) is 127 cm³/mol. The molecular weight excluding hydrogens is 420 g/mol. The van der Waals surface area contributed by atoms with Crippen LogP contribution in [0.15, 0.2) is 90.0 Å². The van der Waals surface area contributed by atoms with Crippen molar-refractivity contribution in [3.05, 3.63) is 96.2 Å². The Bertz CT molecular complexity index is 1400. The Morgan fingerprint density at radius 2 is 1.62 bits per heavy atom. The molecule has 4 rings (SSSR count). The van der Waals surface area contributed by atoms with Crippen molar-refractivity contribution in [2.24, 2.45) is 0 Å². The summed E-state index contributed by atoms with van der Waals surface area (Å²) in [6.07, 6.45) is 1.62. The highest BCUT2D eigenvalue weighted by Crippen LogP contribution is 2.31. The van der Waals surface area contributed by atoms with Crippen LogP contribution in [0.25, 0.3) is 10.9 Å². The topological polar surface area (TPSA) is 59.5 Å². The van der Waals surface area contributed by atoms with Crippen molar-refractivity contribution >= 4 is 26.6 Å². The van der Waals surface area contributed by atoms with E-state index in [1.165, 1.54) is 4.31 Å². The van der Waals surface area contributed by atoms with Gasteiger partial charge in [-0.1, -0.05) is 30.0 Å². The number of benzene rings is 3. The molecule has 160 valence electrons. The van der Waals surface area contributed by atoms with Gasteiger partial charge in [-0.2, -0.15) is 0 Å². The number of sulfonamides is 1. The van der Waals surface area contributed by atoms with E-state index < -0.39 is 10.0 Å². The number of methoxy groups -OCH3 is 1. The van der Waals surface area contributed by atoms with Gasteiger partial charge in [-0.3, -0.25) is 9.29 Å². The Hall–Kier alpha value is -3.82. The zero-order valence-electron chi connectivity index (χ0n) is 17.8. The third kappa shape index (κ3) is 4.29. The molecule has 0 amide bonds. The van der Waals surface area contributed by atoms with Crippen molar-refractivity contribution in [2.45, 2.75) is 11.8 Å². The summed E-state index contributed by atoms with van der Waals surface area (Å²) in [5.41, 5.74) is 2.97. The summed E-state index contributed by atoms with van der Waals surface area (Å²) in [4.78, 5) is 4.61. The van der Waals surface area contributed by atoms with Gasteiger partial charge < -0.3 is 4.74 Å². The fourth-order valence-electron chi connectivity index (χ4n) is 3.44. The maximum Gasteiger partial charge on any atom is 0.264 e. The Morgan fingerprint density at radius 1 is 0.906 bits per heavy atom. The second-order valence-electron chi connectivity index (χ2n) is 7.02. The van der Waals surface area contributed by atoms with Gasteiger partial charge in [0.25, 0.3) is 10.0 Å². The van der Waals surface area contributed by atoms with E-state index in [0.717, 1.165) is 16.5 Å².